The Morgan fingerprint density at radius 3 is 2.73 bits per heavy atom. The van der Waals surface area contributed by atoms with Gasteiger partial charge in [0, 0.05) is 10.7 Å². The fourth-order valence-corrected chi connectivity index (χ4v) is 1.23. The van der Waals surface area contributed by atoms with Crippen LogP contribution in [0.25, 0.3) is 0 Å². The SMILES string of the molecule is Cc1ccc(Cl)cc1NC(=O)CC(=O)O. The highest BCUT2D eigenvalue weighted by atomic mass is 35.5. The van der Waals surface area contributed by atoms with E-state index in [-0.39, 0.29) is 0 Å². The number of hydrogen-bond acceptors (Lipinski definition) is 2. The molecule has 1 aromatic rings. The van der Waals surface area contributed by atoms with Gasteiger partial charge < -0.3 is 10.4 Å². The summed E-state index contributed by atoms with van der Waals surface area (Å²) in [5, 5.41) is 11.4. The minimum Gasteiger partial charge on any atom is -0.481 e. The third kappa shape index (κ3) is 3.59. The Labute approximate surface area is 91.9 Å². The largest absolute Gasteiger partial charge is 0.481 e. The fraction of sp³-hybridized carbons (Fsp3) is 0.200. The lowest BCUT2D eigenvalue weighted by atomic mass is 10.2. The molecular formula is C10H10ClNO3. The Balaban J connectivity index is 2.76. The smallest absolute Gasteiger partial charge is 0.312 e. The number of carbonyl (C=O) groups is 2. The second-order valence-electron chi connectivity index (χ2n) is 3.08. The molecule has 0 spiro atoms. The van der Waals surface area contributed by atoms with Crippen molar-refractivity contribution in [3.8, 4) is 0 Å². The molecule has 0 aromatic heterocycles. The average molecular weight is 228 g/mol. The molecule has 1 amide bonds. The van der Waals surface area contributed by atoms with E-state index in [1.165, 1.54) is 0 Å². The number of carbonyl (C=O) groups excluding carboxylic acids is 1. The van der Waals surface area contributed by atoms with Gasteiger partial charge in [-0.1, -0.05) is 17.7 Å². The van der Waals surface area contributed by atoms with Gasteiger partial charge >= 0.3 is 5.97 Å². The molecule has 1 aromatic carbocycles. The molecule has 4 nitrogen and oxygen atoms in total. The molecular weight excluding hydrogens is 218 g/mol. The van der Waals surface area contributed by atoms with Crippen LogP contribution in [0.15, 0.2) is 18.2 Å². The van der Waals surface area contributed by atoms with Crippen LogP contribution in [0.5, 0.6) is 0 Å². The number of nitrogens with one attached hydrogen (secondary N) is 1. The minimum atomic E-state index is -1.16. The number of amides is 1. The van der Waals surface area contributed by atoms with Gasteiger partial charge in [0.15, 0.2) is 0 Å². The number of halogens is 1. The molecule has 0 fully saturated rings. The van der Waals surface area contributed by atoms with Crippen LogP contribution in [0.4, 0.5) is 5.69 Å². The third-order valence-corrected chi connectivity index (χ3v) is 2.02. The van der Waals surface area contributed by atoms with E-state index in [9.17, 15) is 9.59 Å². The van der Waals surface area contributed by atoms with Crippen molar-refractivity contribution < 1.29 is 14.7 Å². The van der Waals surface area contributed by atoms with E-state index >= 15 is 0 Å². The molecule has 0 aliphatic rings. The molecule has 0 atom stereocenters. The second kappa shape index (κ2) is 4.79. The first kappa shape index (κ1) is 11.5. The quantitative estimate of drug-likeness (QED) is 0.777. The molecule has 0 radical (unpaired) electrons. The maximum Gasteiger partial charge on any atom is 0.312 e. The Hall–Kier alpha value is -1.55. The van der Waals surface area contributed by atoms with Crippen molar-refractivity contribution in [1.29, 1.82) is 0 Å². The van der Waals surface area contributed by atoms with Crippen LogP contribution in [-0.2, 0) is 9.59 Å². The molecule has 0 saturated carbocycles. The standard InChI is InChI=1S/C10H10ClNO3/c1-6-2-3-7(11)4-8(6)12-9(13)5-10(14)15/h2-4H,5H2,1H3,(H,12,13)(H,14,15). The first-order valence-electron chi connectivity index (χ1n) is 4.27. The van der Waals surface area contributed by atoms with E-state index in [0.29, 0.717) is 10.7 Å². The third-order valence-electron chi connectivity index (χ3n) is 1.79. The van der Waals surface area contributed by atoms with Crippen molar-refractivity contribution in [2.45, 2.75) is 13.3 Å². The number of rotatable bonds is 3. The Morgan fingerprint density at radius 2 is 2.13 bits per heavy atom. The van der Waals surface area contributed by atoms with Crippen LogP contribution >= 0.6 is 11.6 Å². The van der Waals surface area contributed by atoms with E-state index in [4.69, 9.17) is 16.7 Å². The number of hydrogen-bond donors (Lipinski definition) is 2. The summed E-state index contributed by atoms with van der Waals surface area (Å²) >= 11 is 5.74. The zero-order valence-electron chi connectivity index (χ0n) is 8.08. The number of carboxylic acids is 1. The Bertz CT molecular complexity index is 404. The van der Waals surface area contributed by atoms with Gasteiger partial charge in [-0.05, 0) is 24.6 Å². The first-order valence-corrected chi connectivity index (χ1v) is 4.64. The highest BCUT2D eigenvalue weighted by Gasteiger charge is 2.09. The molecule has 0 bridgehead atoms. The summed E-state index contributed by atoms with van der Waals surface area (Å²) in [6.45, 7) is 1.80. The second-order valence-corrected chi connectivity index (χ2v) is 3.51. The fourth-order valence-electron chi connectivity index (χ4n) is 1.06. The zero-order chi connectivity index (χ0) is 11.4. The molecule has 5 heteroatoms. The number of benzene rings is 1. The molecule has 0 saturated heterocycles. The molecule has 0 heterocycles. The maximum absolute atomic E-state index is 11.2. The summed E-state index contributed by atoms with van der Waals surface area (Å²) in [5.74, 6) is -1.72. The molecule has 0 unspecified atom stereocenters. The van der Waals surface area contributed by atoms with E-state index in [1.54, 1.807) is 25.1 Å². The van der Waals surface area contributed by atoms with Gasteiger partial charge in [-0.25, -0.2) is 0 Å². The summed E-state index contributed by atoms with van der Waals surface area (Å²) in [6.07, 6.45) is -0.550. The van der Waals surface area contributed by atoms with Crippen LogP contribution in [0, 0.1) is 6.92 Å². The van der Waals surface area contributed by atoms with Crippen LogP contribution in [0.1, 0.15) is 12.0 Å². The average Bonchev–Trinajstić information content (AvgIpc) is 2.10. The number of anilines is 1. The zero-order valence-corrected chi connectivity index (χ0v) is 8.84. The molecule has 80 valence electrons. The van der Waals surface area contributed by atoms with Crippen molar-refractivity contribution in [3.63, 3.8) is 0 Å². The minimum absolute atomic E-state index is 0.492. The molecule has 1 rings (SSSR count). The van der Waals surface area contributed by atoms with Crippen LogP contribution in [-0.4, -0.2) is 17.0 Å². The molecule has 0 aliphatic carbocycles. The van der Waals surface area contributed by atoms with Gasteiger partial charge in [-0.3, -0.25) is 9.59 Å². The Kier molecular flexibility index (Phi) is 3.68. The predicted molar refractivity (Wildman–Crippen MR) is 57.1 cm³/mol. The van der Waals surface area contributed by atoms with E-state index in [0.717, 1.165) is 5.56 Å². The summed E-state index contributed by atoms with van der Waals surface area (Å²) < 4.78 is 0. The van der Waals surface area contributed by atoms with Gasteiger partial charge in [-0.15, -0.1) is 0 Å². The summed E-state index contributed by atoms with van der Waals surface area (Å²) in [6, 6.07) is 5.03. The normalized spacial score (nSPS) is 9.73. The lowest BCUT2D eigenvalue weighted by Gasteiger charge is -2.07. The van der Waals surface area contributed by atoms with Crippen molar-refractivity contribution in [1.82, 2.24) is 0 Å². The van der Waals surface area contributed by atoms with Gasteiger partial charge in [0.1, 0.15) is 6.42 Å². The van der Waals surface area contributed by atoms with Crippen LogP contribution in [0.3, 0.4) is 0 Å². The highest BCUT2D eigenvalue weighted by Crippen LogP contribution is 2.20. The van der Waals surface area contributed by atoms with E-state index in [2.05, 4.69) is 5.32 Å². The van der Waals surface area contributed by atoms with Gasteiger partial charge in [-0.2, -0.15) is 0 Å². The van der Waals surface area contributed by atoms with Crippen LogP contribution < -0.4 is 5.32 Å². The van der Waals surface area contributed by atoms with Gasteiger partial charge in [0.25, 0.3) is 0 Å². The number of aryl methyl sites for hydroxylation is 1. The molecule has 15 heavy (non-hydrogen) atoms. The van der Waals surface area contributed by atoms with Crippen molar-refractivity contribution in [2.75, 3.05) is 5.32 Å². The van der Waals surface area contributed by atoms with E-state index in [1.807, 2.05) is 0 Å². The molecule has 2 N–H and O–H groups in total. The van der Waals surface area contributed by atoms with Crippen molar-refractivity contribution >= 4 is 29.2 Å². The monoisotopic (exact) mass is 227 g/mol. The Morgan fingerprint density at radius 1 is 1.47 bits per heavy atom. The van der Waals surface area contributed by atoms with Gasteiger partial charge in [0.2, 0.25) is 5.91 Å². The number of carboxylic acid groups (broad SMARTS) is 1. The highest BCUT2D eigenvalue weighted by molar-refractivity contribution is 6.31. The van der Waals surface area contributed by atoms with E-state index < -0.39 is 18.3 Å². The lowest BCUT2D eigenvalue weighted by molar-refractivity contribution is -0.139. The maximum atomic E-state index is 11.2. The predicted octanol–water partition coefficient (Wildman–Crippen LogP) is 2.06. The topological polar surface area (TPSA) is 66.4 Å². The lowest BCUT2D eigenvalue weighted by Crippen LogP contribution is -2.16. The molecule has 0 aliphatic heterocycles. The summed E-state index contributed by atoms with van der Waals surface area (Å²) in [4.78, 5) is 21.4. The van der Waals surface area contributed by atoms with Gasteiger partial charge in [0.05, 0.1) is 0 Å². The van der Waals surface area contributed by atoms with Crippen molar-refractivity contribution in [3.05, 3.63) is 28.8 Å². The van der Waals surface area contributed by atoms with Crippen molar-refractivity contribution in [2.24, 2.45) is 0 Å². The first-order chi connectivity index (χ1) is 6.99. The summed E-state index contributed by atoms with van der Waals surface area (Å²) in [7, 11) is 0. The van der Waals surface area contributed by atoms with Crippen LogP contribution in [0.2, 0.25) is 5.02 Å². The number of aliphatic carboxylic acids is 1. The summed E-state index contributed by atoms with van der Waals surface area (Å²) in [5.41, 5.74) is 1.37.